The Kier molecular flexibility index (Phi) is 5.85. The first-order chi connectivity index (χ1) is 16.7. The molecule has 0 aliphatic heterocycles. The lowest BCUT2D eigenvalue weighted by Gasteiger charge is -2.18. The third-order valence-electron chi connectivity index (χ3n) is 5.11. The Balaban J connectivity index is 1.70. The summed E-state index contributed by atoms with van der Waals surface area (Å²) in [6.45, 7) is 1.86. The first-order valence-corrected chi connectivity index (χ1v) is 11.6. The number of para-hydroxylation sites is 2. The maximum absolute atomic E-state index is 13.2. The smallest absolute Gasteiger partial charge is 0.404 e. The molecule has 0 aliphatic rings. The minimum absolute atomic E-state index is 0.0698. The van der Waals surface area contributed by atoms with Crippen molar-refractivity contribution < 1.29 is 17.9 Å². The SMILES string of the molecule is Cc1ccc2nc(C(S)c3nnc(-c4cccs4)n3-c3ccccc3OC(F)(F)F)cc(=O)n2c1. The predicted octanol–water partition coefficient (Wildman–Crippen LogP) is 5.23. The molecule has 5 aromatic rings. The zero-order valence-corrected chi connectivity index (χ0v) is 19.7. The largest absolute Gasteiger partial charge is 0.573 e. The van der Waals surface area contributed by atoms with Crippen LogP contribution < -0.4 is 10.3 Å². The highest BCUT2D eigenvalue weighted by Gasteiger charge is 2.33. The Labute approximate surface area is 205 Å². The molecular formula is C23H16F3N5O2S2. The fourth-order valence-corrected chi connectivity index (χ4v) is 4.63. The van der Waals surface area contributed by atoms with Crippen LogP contribution in [-0.4, -0.2) is 30.5 Å². The van der Waals surface area contributed by atoms with Crippen molar-refractivity contribution in [1.29, 1.82) is 0 Å². The quantitative estimate of drug-likeness (QED) is 0.325. The normalized spacial score (nSPS) is 12.7. The van der Waals surface area contributed by atoms with Crippen LogP contribution in [0, 0.1) is 6.92 Å². The highest BCUT2D eigenvalue weighted by Crippen LogP contribution is 2.37. The van der Waals surface area contributed by atoms with Crippen LogP contribution in [0.3, 0.4) is 0 Å². The molecular weight excluding hydrogens is 499 g/mol. The van der Waals surface area contributed by atoms with Gasteiger partial charge in [-0.15, -0.1) is 34.7 Å². The second-order valence-corrected chi connectivity index (χ2v) is 9.03. The molecule has 0 radical (unpaired) electrons. The van der Waals surface area contributed by atoms with E-state index in [-0.39, 0.29) is 22.8 Å². The molecule has 0 saturated heterocycles. The summed E-state index contributed by atoms with van der Waals surface area (Å²) in [5, 5.41) is 9.42. The minimum Gasteiger partial charge on any atom is -0.404 e. The van der Waals surface area contributed by atoms with Crippen molar-refractivity contribution in [1.82, 2.24) is 24.1 Å². The van der Waals surface area contributed by atoms with Crippen molar-refractivity contribution in [3.05, 3.63) is 93.6 Å². The predicted molar refractivity (Wildman–Crippen MR) is 128 cm³/mol. The van der Waals surface area contributed by atoms with Gasteiger partial charge in [-0.25, -0.2) is 4.98 Å². The first-order valence-electron chi connectivity index (χ1n) is 10.2. The summed E-state index contributed by atoms with van der Waals surface area (Å²) >= 11 is 6.01. The molecule has 1 atom stereocenters. The number of nitrogens with zero attached hydrogens (tertiary/aromatic N) is 5. The number of thiol groups is 1. The maximum atomic E-state index is 13.2. The van der Waals surface area contributed by atoms with Crippen molar-refractivity contribution in [2.45, 2.75) is 18.5 Å². The van der Waals surface area contributed by atoms with Gasteiger partial charge in [-0.2, -0.15) is 12.6 Å². The Morgan fingerprint density at radius 1 is 1.09 bits per heavy atom. The molecule has 4 aromatic heterocycles. The summed E-state index contributed by atoms with van der Waals surface area (Å²) in [7, 11) is 0. The van der Waals surface area contributed by atoms with Crippen LogP contribution in [0.4, 0.5) is 13.2 Å². The van der Waals surface area contributed by atoms with Gasteiger partial charge >= 0.3 is 6.36 Å². The number of pyridine rings is 1. The van der Waals surface area contributed by atoms with E-state index in [0.29, 0.717) is 16.3 Å². The lowest BCUT2D eigenvalue weighted by atomic mass is 10.2. The average molecular weight is 516 g/mol. The van der Waals surface area contributed by atoms with E-state index in [1.165, 1.54) is 44.6 Å². The van der Waals surface area contributed by atoms with Crippen LogP contribution in [0.15, 0.2) is 71.0 Å². The zero-order valence-electron chi connectivity index (χ0n) is 18.0. The summed E-state index contributed by atoms with van der Waals surface area (Å²) in [4.78, 5) is 18.0. The van der Waals surface area contributed by atoms with E-state index >= 15 is 0 Å². The van der Waals surface area contributed by atoms with Gasteiger partial charge in [0.1, 0.15) is 10.9 Å². The average Bonchev–Trinajstić information content (AvgIpc) is 3.48. The van der Waals surface area contributed by atoms with Gasteiger partial charge in [0.25, 0.3) is 5.56 Å². The van der Waals surface area contributed by atoms with Gasteiger partial charge in [-0.1, -0.05) is 24.3 Å². The standard InChI is InChI=1S/C23H16F3N5O2S2/c1-13-8-9-18-27-14(11-19(32)30(18)12-13)20(34)22-29-28-21(17-7-4-10-35-17)31(22)15-5-2-3-6-16(15)33-23(24,25)26/h2-12,20,34H,1H3. The molecule has 0 bridgehead atoms. The molecule has 178 valence electrons. The Morgan fingerprint density at radius 3 is 2.63 bits per heavy atom. The van der Waals surface area contributed by atoms with Crippen molar-refractivity contribution in [3.8, 4) is 22.1 Å². The molecule has 7 nitrogen and oxygen atoms in total. The molecule has 0 fully saturated rings. The van der Waals surface area contributed by atoms with Gasteiger partial charge in [0, 0.05) is 12.3 Å². The highest BCUT2D eigenvalue weighted by molar-refractivity contribution is 7.80. The van der Waals surface area contributed by atoms with Gasteiger partial charge in [-0.05, 0) is 42.1 Å². The number of fused-ring (bicyclic) bond motifs is 1. The molecule has 35 heavy (non-hydrogen) atoms. The molecule has 0 spiro atoms. The van der Waals surface area contributed by atoms with Crippen LogP contribution in [0.2, 0.25) is 0 Å². The second kappa shape index (κ2) is 8.86. The summed E-state index contributed by atoms with van der Waals surface area (Å²) in [5.41, 5.74) is 1.32. The van der Waals surface area contributed by atoms with E-state index in [0.717, 1.165) is 5.56 Å². The number of benzene rings is 1. The number of ether oxygens (including phenoxy) is 1. The van der Waals surface area contributed by atoms with E-state index < -0.39 is 17.4 Å². The van der Waals surface area contributed by atoms with Gasteiger partial charge in [0.05, 0.1) is 16.3 Å². The Bertz CT molecular complexity index is 1580. The summed E-state index contributed by atoms with van der Waals surface area (Å²) < 4.78 is 46.6. The van der Waals surface area contributed by atoms with E-state index in [1.807, 2.05) is 18.4 Å². The van der Waals surface area contributed by atoms with Crippen molar-refractivity contribution in [2.75, 3.05) is 0 Å². The van der Waals surface area contributed by atoms with Crippen LogP contribution in [0.25, 0.3) is 22.0 Å². The lowest BCUT2D eigenvalue weighted by Crippen LogP contribution is -2.19. The summed E-state index contributed by atoms with van der Waals surface area (Å²) in [5.74, 6) is 0.0557. The number of alkyl halides is 3. The molecule has 1 aromatic carbocycles. The number of aromatic nitrogens is 5. The Hall–Kier alpha value is -3.64. The fourth-order valence-electron chi connectivity index (χ4n) is 3.63. The van der Waals surface area contributed by atoms with Crippen LogP contribution >= 0.6 is 24.0 Å². The molecule has 0 saturated carbocycles. The summed E-state index contributed by atoms with van der Waals surface area (Å²) in [6, 6.07) is 14.1. The number of aryl methyl sites for hydroxylation is 1. The third-order valence-corrected chi connectivity index (χ3v) is 6.47. The second-order valence-electron chi connectivity index (χ2n) is 7.57. The van der Waals surface area contributed by atoms with Crippen LogP contribution in [0.1, 0.15) is 22.3 Å². The topological polar surface area (TPSA) is 74.3 Å². The molecule has 12 heteroatoms. The molecule has 0 amide bonds. The fraction of sp³-hybridized carbons (Fsp3) is 0.130. The lowest BCUT2D eigenvalue weighted by molar-refractivity contribution is -0.274. The molecule has 1 unspecified atom stereocenters. The molecule has 5 rings (SSSR count). The number of rotatable bonds is 5. The first kappa shape index (κ1) is 23.1. The van der Waals surface area contributed by atoms with Crippen molar-refractivity contribution in [2.24, 2.45) is 0 Å². The summed E-state index contributed by atoms with van der Waals surface area (Å²) in [6.07, 6.45) is -3.23. The van der Waals surface area contributed by atoms with Crippen LogP contribution in [0.5, 0.6) is 5.75 Å². The monoisotopic (exact) mass is 515 g/mol. The minimum atomic E-state index is -4.90. The van der Waals surface area contributed by atoms with E-state index in [9.17, 15) is 18.0 Å². The van der Waals surface area contributed by atoms with Gasteiger partial charge in [0.2, 0.25) is 0 Å². The number of thiophene rings is 1. The van der Waals surface area contributed by atoms with Gasteiger partial charge in [0.15, 0.2) is 17.4 Å². The molecule has 0 aliphatic carbocycles. The maximum Gasteiger partial charge on any atom is 0.573 e. The number of hydrogen-bond acceptors (Lipinski definition) is 7. The number of hydrogen-bond donors (Lipinski definition) is 1. The van der Waals surface area contributed by atoms with Gasteiger partial charge in [-0.3, -0.25) is 13.8 Å². The van der Waals surface area contributed by atoms with E-state index in [4.69, 9.17) is 0 Å². The van der Waals surface area contributed by atoms with Crippen molar-refractivity contribution >= 4 is 29.6 Å². The highest BCUT2D eigenvalue weighted by atomic mass is 32.1. The zero-order chi connectivity index (χ0) is 24.7. The third kappa shape index (κ3) is 4.54. The molecule has 0 N–H and O–H groups in total. The molecule has 4 heterocycles. The number of halogens is 3. The van der Waals surface area contributed by atoms with Crippen LogP contribution in [-0.2, 0) is 0 Å². The van der Waals surface area contributed by atoms with E-state index in [2.05, 4.69) is 32.5 Å². The van der Waals surface area contributed by atoms with E-state index in [1.54, 1.807) is 30.5 Å². The van der Waals surface area contributed by atoms with Crippen molar-refractivity contribution in [3.63, 3.8) is 0 Å². The Morgan fingerprint density at radius 2 is 1.89 bits per heavy atom. The van der Waals surface area contributed by atoms with Gasteiger partial charge < -0.3 is 4.74 Å².